The average molecular weight is 294 g/mol. The molecule has 1 unspecified atom stereocenters. The number of alkyl halides is 3. The van der Waals surface area contributed by atoms with Gasteiger partial charge in [0.15, 0.2) is 0 Å². The number of hydrogen-bond acceptors (Lipinski definition) is 1. The molecule has 1 aromatic carbocycles. The van der Waals surface area contributed by atoms with Gasteiger partial charge in [-0.3, -0.25) is 0 Å². The lowest BCUT2D eigenvalue weighted by molar-refractivity contribution is -0.136. The lowest BCUT2D eigenvalue weighted by Crippen LogP contribution is -2.33. The van der Waals surface area contributed by atoms with Crippen molar-refractivity contribution in [2.24, 2.45) is 0 Å². The summed E-state index contributed by atoms with van der Waals surface area (Å²) in [5.74, 6) is 0. The highest BCUT2D eigenvalue weighted by atomic mass is 35.5. The van der Waals surface area contributed by atoms with E-state index in [1.807, 2.05) is 25.1 Å². The van der Waals surface area contributed by atoms with Crippen LogP contribution < -0.4 is 5.32 Å². The van der Waals surface area contributed by atoms with Gasteiger partial charge in [-0.15, -0.1) is 0 Å². The van der Waals surface area contributed by atoms with Crippen LogP contribution in [0.3, 0.4) is 0 Å². The van der Waals surface area contributed by atoms with Crippen molar-refractivity contribution in [1.82, 2.24) is 5.32 Å². The summed E-state index contributed by atoms with van der Waals surface area (Å²) in [5.41, 5.74) is 0.889. The van der Waals surface area contributed by atoms with Crippen LogP contribution in [0.25, 0.3) is 0 Å². The standard InChI is InChI=1S/C14H19ClF3N/c1-2-9-19-12(7-8-14(16,17)18)10-11-5-3-4-6-13(11)15/h3-6,12,19H,2,7-10H2,1H3. The fourth-order valence-corrected chi connectivity index (χ4v) is 2.10. The van der Waals surface area contributed by atoms with Crippen molar-refractivity contribution in [2.45, 2.75) is 44.8 Å². The quantitative estimate of drug-likeness (QED) is 0.775. The minimum absolute atomic E-state index is 0.0781. The zero-order chi connectivity index (χ0) is 14.3. The molecule has 1 atom stereocenters. The molecule has 1 nitrogen and oxygen atoms in total. The molecule has 0 spiro atoms. The van der Waals surface area contributed by atoms with Crippen molar-refractivity contribution in [3.8, 4) is 0 Å². The Morgan fingerprint density at radius 2 is 1.95 bits per heavy atom. The van der Waals surface area contributed by atoms with Crippen molar-refractivity contribution in [1.29, 1.82) is 0 Å². The number of benzene rings is 1. The molecule has 0 aliphatic rings. The highest BCUT2D eigenvalue weighted by molar-refractivity contribution is 6.31. The summed E-state index contributed by atoms with van der Waals surface area (Å²) in [5, 5.41) is 3.77. The van der Waals surface area contributed by atoms with Gasteiger partial charge in [0, 0.05) is 17.5 Å². The molecule has 108 valence electrons. The van der Waals surface area contributed by atoms with E-state index in [4.69, 9.17) is 11.6 Å². The molecule has 19 heavy (non-hydrogen) atoms. The van der Waals surface area contributed by atoms with Crippen LogP contribution in [0.15, 0.2) is 24.3 Å². The van der Waals surface area contributed by atoms with E-state index in [1.165, 1.54) is 0 Å². The molecule has 0 aliphatic heterocycles. The van der Waals surface area contributed by atoms with Gasteiger partial charge in [-0.25, -0.2) is 0 Å². The van der Waals surface area contributed by atoms with Crippen molar-refractivity contribution in [3.05, 3.63) is 34.9 Å². The van der Waals surface area contributed by atoms with Crippen LogP contribution in [-0.4, -0.2) is 18.8 Å². The van der Waals surface area contributed by atoms with Crippen LogP contribution in [0.5, 0.6) is 0 Å². The third-order valence-electron chi connectivity index (χ3n) is 2.88. The second kappa shape index (κ2) is 7.75. The summed E-state index contributed by atoms with van der Waals surface area (Å²) in [4.78, 5) is 0. The van der Waals surface area contributed by atoms with E-state index < -0.39 is 12.6 Å². The van der Waals surface area contributed by atoms with Crippen LogP contribution in [0.1, 0.15) is 31.7 Å². The monoisotopic (exact) mass is 293 g/mol. The number of halogens is 4. The molecule has 0 saturated carbocycles. The Morgan fingerprint density at radius 3 is 2.53 bits per heavy atom. The van der Waals surface area contributed by atoms with Crippen molar-refractivity contribution in [2.75, 3.05) is 6.54 Å². The van der Waals surface area contributed by atoms with Crippen molar-refractivity contribution in [3.63, 3.8) is 0 Å². The van der Waals surface area contributed by atoms with Gasteiger partial charge in [-0.2, -0.15) is 13.2 Å². The Kier molecular flexibility index (Phi) is 6.66. The van der Waals surface area contributed by atoms with Gasteiger partial charge in [-0.1, -0.05) is 36.7 Å². The van der Waals surface area contributed by atoms with Gasteiger partial charge in [0.25, 0.3) is 0 Å². The number of hydrogen-bond donors (Lipinski definition) is 1. The van der Waals surface area contributed by atoms with Crippen LogP contribution in [0.2, 0.25) is 5.02 Å². The maximum atomic E-state index is 12.3. The summed E-state index contributed by atoms with van der Waals surface area (Å²) in [6.07, 6.45) is -3.37. The van der Waals surface area contributed by atoms with Crippen LogP contribution >= 0.6 is 11.6 Å². The summed E-state index contributed by atoms with van der Waals surface area (Å²) in [6, 6.07) is 7.09. The minimum atomic E-state index is -4.10. The third-order valence-corrected chi connectivity index (χ3v) is 3.25. The van der Waals surface area contributed by atoms with E-state index >= 15 is 0 Å². The summed E-state index contributed by atoms with van der Waals surface area (Å²) in [7, 11) is 0. The molecular weight excluding hydrogens is 275 g/mol. The molecule has 0 radical (unpaired) electrons. The second-order valence-corrected chi connectivity index (χ2v) is 5.01. The van der Waals surface area contributed by atoms with E-state index in [1.54, 1.807) is 6.07 Å². The van der Waals surface area contributed by atoms with E-state index in [9.17, 15) is 13.2 Å². The first-order chi connectivity index (χ1) is 8.92. The molecule has 0 amide bonds. The van der Waals surface area contributed by atoms with Crippen LogP contribution in [-0.2, 0) is 6.42 Å². The SMILES string of the molecule is CCCNC(CCC(F)(F)F)Cc1ccccc1Cl. The molecule has 0 fully saturated rings. The summed E-state index contributed by atoms with van der Waals surface area (Å²) >= 11 is 6.04. The molecular formula is C14H19ClF3N. The highest BCUT2D eigenvalue weighted by Gasteiger charge is 2.28. The lowest BCUT2D eigenvalue weighted by Gasteiger charge is -2.20. The topological polar surface area (TPSA) is 12.0 Å². The third kappa shape index (κ3) is 6.83. The zero-order valence-electron chi connectivity index (χ0n) is 10.9. The summed E-state index contributed by atoms with van der Waals surface area (Å²) < 4.78 is 36.9. The predicted octanol–water partition coefficient (Wildman–Crippen LogP) is 4.59. The van der Waals surface area contributed by atoms with E-state index in [-0.39, 0.29) is 12.5 Å². The zero-order valence-corrected chi connectivity index (χ0v) is 11.7. The maximum absolute atomic E-state index is 12.3. The molecule has 1 N–H and O–H groups in total. The fraction of sp³-hybridized carbons (Fsp3) is 0.571. The van der Waals surface area contributed by atoms with Gasteiger partial charge in [0.2, 0.25) is 0 Å². The number of rotatable bonds is 7. The summed E-state index contributed by atoms with van der Waals surface area (Å²) in [6.45, 7) is 2.70. The maximum Gasteiger partial charge on any atom is 0.389 e. The lowest BCUT2D eigenvalue weighted by atomic mass is 10.0. The van der Waals surface area contributed by atoms with Gasteiger partial charge < -0.3 is 5.32 Å². The van der Waals surface area contributed by atoms with Crippen LogP contribution in [0, 0.1) is 0 Å². The Labute approximate surface area is 117 Å². The second-order valence-electron chi connectivity index (χ2n) is 4.60. The Morgan fingerprint density at radius 1 is 1.26 bits per heavy atom. The highest BCUT2D eigenvalue weighted by Crippen LogP contribution is 2.24. The first kappa shape index (κ1) is 16.3. The first-order valence-corrected chi connectivity index (χ1v) is 6.83. The first-order valence-electron chi connectivity index (χ1n) is 6.46. The van der Waals surface area contributed by atoms with Gasteiger partial charge in [-0.05, 0) is 37.4 Å². The molecule has 0 aliphatic carbocycles. The smallest absolute Gasteiger partial charge is 0.314 e. The van der Waals surface area contributed by atoms with Crippen molar-refractivity contribution < 1.29 is 13.2 Å². The molecule has 1 aromatic rings. The molecule has 0 heterocycles. The van der Waals surface area contributed by atoms with E-state index in [0.717, 1.165) is 12.0 Å². The molecule has 5 heteroatoms. The molecule has 0 bridgehead atoms. The largest absolute Gasteiger partial charge is 0.389 e. The Balaban J connectivity index is 2.61. The Bertz CT molecular complexity index is 379. The van der Waals surface area contributed by atoms with Gasteiger partial charge in [0.1, 0.15) is 0 Å². The number of nitrogens with one attached hydrogen (secondary N) is 1. The molecule has 0 saturated heterocycles. The molecule has 1 rings (SSSR count). The normalized spacial score (nSPS) is 13.5. The minimum Gasteiger partial charge on any atom is -0.314 e. The van der Waals surface area contributed by atoms with Crippen LogP contribution in [0.4, 0.5) is 13.2 Å². The molecule has 0 aromatic heterocycles. The van der Waals surface area contributed by atoms with E-state index in [0.29, 0.717) is 18.0 Å². The van der Waals surface area contributed by atoms with Gasteiger partial charge >= 0.3 is 6.18 Å². The van der Waals surface area contributed by atoms with Gasteiger partial charge in [0.05, 0.1) is 0 Å². The predicted molar refractivity (Wildman–Crippen MR) is 72.5 cm³/mol. The average Bonchev–Trinajstić information content (AvgIpc) is 2.34. The Hall–Kier alpha value is -0.740. The fourth-order valence-electron chi connectivity index (χ4n) is 1.89. The van der Waals surface area contributed by atoms with Crippen molar-refractivity contribution >= 4 is 11.6 Å². The van der Waals surface area contributed by atoms with E-state index in [2.05, 4.69) is 5.32 Å².